The van der Waals surface area contributed by atoms with Crippen LogP contribution in [-0.4, -0.2) is 27.3 Å². The van der Waals surface area contributed by atoms with Crippen molar-refractivity contribution in [2.24, 2.45) is 10.2 Å². The van der Waals surface area contributed by atoms with E-state index in [9.17, 15) is 0 Å². The first-order valence-electron chi connectivity index (χ1n) is 9.46. The Labute approximate surface area is 166 Å². The van der Waals surface area contributed by atoms with Crippen LogP contribution >= 0.6 is 0 Å². The lowest BCUT2D eigenvalue weighted by atomic mass is 10.0. The summed E-state index contributed by atoms with van der Waals surface area (Å²) in [6.07, 6.45) is 5.05. The Hall–Kier alpha value is -3.28. The van der Waals surface area contributed by atoms with Crippen LogP contribution in [0.4, 0.5) is 5.95 Å². The van der Waals surface area contributed by atoms with Gasteiger partial charge in [0.05, 0.1) is 12.4 Å². The normalized spacial score (nSPS) is 11.9. The highest BCUT2D eigenvalue weighted by Gasteiger charge is 2.02. The van der Waals surface area contributed by atoms with Crippen molar-refractivity contribution < 1.29 is 0 Å². The average Bonchev–Trinajstić information content (AvgIpc) is 3.14. The lowest BCUT2D eigenvalue weighted by Crippen LogP contribution is -1.99. The van der Waals surface area contributed by atoms with E-state index in [4.69, 9.17) is 0 Å². The minimum absolute atomic E-state index is 0.449. The van der Waals surface area contributed by atoms with Crippen molar-refractivity contribution in [1.82, 2.24) is 14.9 Å². The second kappa shape index (κ2) is 9.08. The summed E-state index contributed by atoms with van der Waals surface area (Å²) < 4.78 is 1.55. The van der Waals surface area contributed by atoms with Gasteiger partial charge < -0.3 is 0 Å². The minimum atomic E-state index is 0.449. The molecule has 0 spiro atoms. The Morgan fingerprint density at radius 2 is 1.36 bits per heavy atom. The molecule has 0 fully saturated rings. The molecule has 28 heavy (non-hydrogen) atoms. The lowest BCUT2D eigenvalue weighted by Gasteiger charge is -2.05. The summed E-state index contributed by atoms with van der Waals surface area (Å²) in [4.78, 5) is 0. The lowest BCUT2D eigenvalue weighted by molar-refractivity contribution is 0.866. The Bertz CT molecular complexity index is 934. The van der Waals surface area contributed by atoms with Gasteiger partial charge in [0.15, 0.2) is 0 Å². The number of hydrazone groups is 1. The molecule has 6 nitrogen and oxygen atoms in total. The Morgan fingerprint density at radius 3 is 1.89 bits per heavy atom. The Kier molecular flexibility index (Phi) is 6.32. The van der Waals surface area contributed by atoms with E-state index in [1.54, 1.807) is 17.1 Å². The smallest absolute Gasteiger partial charge is 0.244 e. The molecule has 0 amide bonds. The van der Waals surface area contributed by atoms with Gasteiger partial charge in [0.1, 0.15) is 6.33 Å². The van der Waals surface area contributed by atoms with Gasteiger partial charge in [-0.15, -0.1) is 10.2 Å². The van der Waals surface area contributed by atoms with E-state index >= 15 is 0 Å². The molecule has 6 heteroatoms. The van der Waals surface area contributed by atoms with Gasteiger partial charge >= 0.3 is 0 Å². The number of benzene rings is 2. The summed E-state index contributed by atoms with van der Waals surface area (Å²) in [6, 6.07) is 16.7. The second-order valence-electron chi connectivity index (χ2n) is 7.26. The SMILES string of the molecule is CC(C)c1ccc(/C=N\Nc2nncn2/N=C\c2ccc(C(C)C)cc2)cc1. The van der Waals surface area contributed by atoms with E-state index in [1.807, 2.05) is 12.1 Å². The van der Waals surface area contributed by atoms with Gasteiger partial charge in [0.25, 0.3) is 5.95 Å². The molecule has 0 aliphatic carbocycles. The average molecular weight is 374 g/mol. The van der Waals surface area contributed by atoms with Gasteiger partial charge in [-0.2, -0.15) is 14.9 Å². The molecule has 0 atom stereocenters. The molecule has 0 aliphatic rings. The molecule has 0 saturated heterocycles. The first kappa shape index (κ1) is 19.5. The first-order chi connectivity index (χ1) is 13.5. The number of hydrogen-bond acceptors (Lipinski definition) is 5. The third-order valence-electron chi connectivity index (χ3n) is 4.45. The molecule has 0 saturated carbocycles. The minimum Gasteiger partial charge on any atom is -0.244 e. The molecule has 3 rings (SSSR count). The maximum absolute atomic E-state index is 4.40. The molecule has 0 radical (unpaired) electrons. The fraction of sp³-hybridized carbons (Fsp3) is 0.273. The highest BCUT2D eigenvalue weighted by atomic mass is 15.5. The van der Waals surface area contributed by atoms with Crippen LogP contribution in [0.3, 0.4) is 0 Å². The van der Waals surface area contributed by atoms with Crippen LogP contribution in [0.2, 0.25) is 0 Å². The summed E-state index contributed by atoms with van der Waals surface area (Å²) in [6.45, 7) is 8.71. The molecule has 0 unspecified atom stereocenters. The first-order valence-corrected chi connectivity index (χ1v) is 9.46. The number of nitrogens with one attached hydrogen (secondary N) is 1. The topological polar surface area (TPSA) is 67.5 Å². The van der Waals surface area contributed by atoms with Gasteiger partial charge in [-0.1, -0.05) is 76.2 Å². The van der Waals surface area contributed by atoms with E-state index in [-0.39, 0.29) is 0 Å². The van der Waals surface area contributed by atoms with Gasteiger partial charge in [-0.25, -0.2) is 5.43 Å². The van der Waals surface area contributed by atoms with E-state index in [1.165, 1.54) is 17.5 Å². The van der Waals surface area contributed by atoms with E-state index in [0.717, 1.165) is 11.1 Å². The summed E-state index contributed by atoms with van der Waals surface area (Å²) in [5.41, 5.74) is 7.52. The zero-order valence-electron chi connectivity index (χ0n) is 16.7. The standard InChI is InChI=1S/C22H26N6/c1-16(2)20-9-5-18(6-10-20)13-23-26-22-27-24-15-28(22)25-14-19-7-11-21(12-8-19)17(3)4/h5-17H,1-4H3,(H,26,27)/b23-13-,25-14-. The molecular formula is C22H26N6. The highest BCUT2D eigenvalue weighted by Crippen LogP contribution is 2.15. The fourth-order valence-corrected chi connectivity index (χ4v) is 2.62. The number of aromatic nitrogens is 3. The van der Waals surface area contributed by atoms with Crippen molar-refractivity contribution in [3.63, 3.8) is 0 Å². The van der Waals surface area contributed by atoms with Crippen LogP contribution in [-0.2, 0) is 0 Å². The van der Waals surface area contributed by atoms with Crippen LogP contribution in [0.5, 0.6) is 0 Å². The molecular weight excluding hydrogens is 348 g/mol. The van der Waals surface area contributed by atoms with Crippen molar-refractivity contribution in [3.8, 4) is 0 Å². The van der Waals surface area contributed by atoms with Gasteiger partial charge in [-0.05, 0) is 34.1 Å². The maximum Gasteiger partial charge on any atom is 0.265 e. The van der Waals surface area contributed by atoms with E-state index in [2.05, 4.69) is 89.9 Å². The molecule has 144 valence electrons. The molecule has 0 aliphatic heterocycles. The number of nitrogens with zero attached hydrogens (tertiary/aromatic N) is 5. The third kappa shape index (κ3) is 5.13. The summed E-state index contributed by atoms with van der Waals surface area (Å²) in [7, 11) is 0. The van der Waals surface area contributed by atoms with Gasteiger partial charge in [0.2, 0.25) is 0 Å². The van der Waals surface area contributed by atoms with Crippen LogP contribution in [0.15, 0.2) is 65.1 Å². The van der Waals surface area contributed by atoms with E-state index < -0.39 is 0 Å². The molecule has 2 aromatic carbocycles. The van der Waals surface area contributed by atoms with Crippen LogP contribution in [0.25, 0.3) is 0 Å². The fourth-order valence-electron chi connectivity index (χ4n) is 2.62. The summed E-state index contributed by atoms with van der Waals surface area (Å²) >= 11 is 0. The monoisotopic (exact) mass is 374 g/mol. The largest absolute Gasteiger partial charge is 0.265 e. The predicted octanol–water partition coefficient (Wildman–Crippen LogP) is 4.85. The van der Waals surface area contributed by atoms with Crippen molar-refractivity contribution >= 4 is 18.4 Å². The molecule has 1 N–H and O–H groups in total. The maximum atomic E-state index is 4.40. The number of hydrogen-bond donors (Lipinski definition) is 1. The van der Waals surface area contributed by atoms with Crippen LogP contribution in [0.1, 0.15) is 61.8 Å². The Morgan fingerprint density at radius 1 is 0.821 bits per heavy atom. The summed E-state index contributed by atoms with van der Waals surface area (Å²) in [5.74, 6) is 1.48. The molecule has 1 aromatic heterocycles. The number of anilines is 1. The highest BCUT2D eigenvalue weighted by molar-refractivity contribution is 5.80. The van der Waals surface area contributed by atoms with Crippen LogP contribution in [0, 0.1) is 0 Å². The van der Waals surface area contributed by atoms with Crippen molar-refractivity contribution in [3.05, 3.63) is 77.1 Å². The third-order valence-corrected chi connectivity index (χ3v) is 4.45. The van der Waals surface area contributed by atoms with E-state index in [0.29, 0.717) is 17.8 Å². The van der Waals surface area contributed by atoms with Crippen LogP contribution < -0.4 is 5.43 Å². The van der Waals surface area contributed by atoms with Gasteiger partial charge in [-0.3, -0.25) is 0 Å². The zero-order chi connectivity index (χ0) is 19.9. The van der Waals surface area contributed by atoms with Crippen molar-refractivity contribution in [1.29, 1.82) is 0 Å². The number of rotatable bonds is 7. The molecule has 1 heterocycles. The second-order valence-corrected chi connectivity index (χ2v) is 7.26. The summed E-state index contributed by atoms with van der Waals surface area (Å²) in [5, 5.41) is 16.5. The van der Waals surface area contributed by atoms with Crippen molar-refractivity contribution in [2.75, 3.05) is 5.43 Å². The zero-order valence-corrected chi connectivity index (χ0v) is 16.7. The van der Waals surface area contributed by atoms with Crippen molar-refractivity contribution in [2.45, 2.75) is 39.5 Å². The quantitative estimate of drug-likeness (QED) is 0.475. The van der Waals surface area contributed by atoms with Gasteiger partial charge in [0, 0.05) is 0 Å². The molecule has 3 aromatic rings. The predicted molar refractivity (Wildman–Crippen MR) is 115 cm³/mol. The Balaban J connectivity index is 1.63. The molecule has 0 bridgehead atoms.